The van der Waals surface area contributed by atoms with Crippen LogP contribution in [0.4, 0.5) is 4.79 Å². The van der Waals surface area contributed by atoms with Gasteiger partial charge in [0.2, 0.25) is 0 Å². The molecule has 1 N–H and O–H groups in total. The number of carbonyl (C=O) groups excluding carboxylic acids is 4. The Labute approximate surface area is 511 Å². The molecule has 468 valence electrons. The van der Waals surface area contributed by atoms with Gasteiger partial charge < -0.3 is 71.6 Å². The number of nitrogens with one attached hydrogen (secondary N) is 1. The molecular weight excluding hydrogens is 1140 g/mol. The zero-order chi connectivity index (χ0) is 61.7. The number of azide groups is 1. The van der Waals surface area contributed by atoms with Gasteiger partial charge in [-0.3, -0.25) is 4.79 Å². The second-order valence-electron chi connectivity index (χ2n) is 22.4. The average molecular weight is 1210 g/mol. The fraction of sp³-hybridized carbons (Fsp3) is 0.485. The van der Waals surface area contributed by atoms with Crippen molar-refractivity contribution in [2.75, 3.05) is 7.11 Å². The highest BCUT2D eigenvalue weighted by Gasteiger charge is 2.60. The Kier molecular flexibility index (Phi) is 22.0. The number of ketones is 1. The Morgan fingerprint density at radius 1 is 0.545 bits per heavy atom. The Balaban J connectivity index is 0.940. The molecule has 0 aromatic heterocycles. The number of alkyl carbamates (subject to hydrolysis) is 1. The minimum Gasteiger partial charge on any atom is -0.467 e. The number of ether oxygens (including phenoxy) is 14. The van der Waals surface area contributed by atoms with Crippen molar-refractivity contribution in [1.29, 1.82) is 0 Å². The molecule has 0 aliphatic carbocycles. The number of carbonyl (C=O) groups is 4. The van der Waals surface area contributed by atoms with E-state index in [2.05, 4.69) is 15.3 Å². The second kappa shape index (κ2) is 30.4. The normalized spacial score (nSPS) is 32.7. The highest BCUT2D eigenvalue weighted by Crippen LogP contribution is 2.42. The Bertz CT molecular complexity index is 3100. The van der Waals surface area contributed by atoms with E-state index in [-0.39, 0.29) is 38.4 Å². The van der Waals surface area contributed by atoms with Crippen LogP contribution in [0.2, 0.25) is 0 Å². The molecule has 5 heterocycles. The van der Waals surface area contributed by atoms with E-state index < -0.39 is 146 Å². The van der Waals surface area contributed by atoms with Gasteiger partial charge in [0.05, 0.1) is 63.5 Å². The van der Waals surface area contributed by atoms with Gasteiger partial charge >= 0.3 is 18.0 Å². The van der Waals surface area contributed by atoms with Crippen molar-refractivity contribution in [2.45, 2.75) is 190 Å². The maximum Gasteiger partial charge on any atom is 0.408 e. The third-order valence-electron chi connectivity index (χ3n) is 16.5. The molecule has 88 heavy (non-hydrogen) atoms. The SMILES string of the molecule is CCC1O[C@@H](O[C@H]2C(C(C)=O)O[C@@H](C)C(OC(=O)c3ccccc3)[C@@H]2OCc2ccccc2)[C@@H]2NC(=O)OC2[C@H]1O[C@@H]1OC(C(=O)OC)[C@H](O[C@@H]2OC(CC)[C@H](OCc3ccccc3)[C@H](OCc3ccccc3)C2N=[N+]=[N-])[C@H](OCc2ccccc2)C1C. The summed E-state index contributed by atoms with van der Waals surface area (Å²) in [5, 5.41) is 7.10. The summed E-state index contributed by atoms with van der Waals surface area (Å²) in [6.45, 7) is 9.04. The van der Waals surface area contributed by atoms with E-state index in [0.29, 0.717) is 6.42 Å². The predicted octanol–water partition coefficient (Wildman–Crippen LogP) is 9.05. The summed E-state index contributed by atoms with van der Waals surface area (Å²) in [6, 6.07) is 44.1. The molecule has 0 radical (unpaired) electrons. The number of nitrogens with zero attached hydrogens (tertiary/aromatic N) is 3. The molecule has 22 nitrogen and oxygen atoms in total. The molecule has 5 saturated heterocycles. The van der Waals surface area contributed by atoms with Crippen LogP contribution in [0.3, 0.4) is 0 Å². The maximum absolute atomic E-state index is 14.4. The summed E-state index contributed by atoms with van der Waals surface area (Å²) < 4.78 is 92.0. The lowest BCUT2D eigenvalue weighted by Crippen LogP contribution is -2.67. The molecule has 0 spiro atoms. The van der Waals surface area contributed by atoms with Crippen LogP contribution in [0, 0.1) is 5.92 Å². The van der Waals surface area contributed by atoms with Crippen LogP contribution in [-0.2, 0) is 102 Å². The Morgan fingerprint density at radius 3 is 1.53 bits per heavy atom. The number of fused-ring (bicyclic) bond motifs is 1. The first kappa shape index (κ1) is 63.9. The molecule has 22 heteroatoms. The van der Waals surface area contributed by atoms with Crippen LogP contribution in [-0.4, -0.2) is 147 Å². The number of rotatable bonds is 25. The van der Waals surface area contributed by atoms with Crippen molar-refractivity contribution >= 4 is 23.8 Å². The smallest absolute Gasteiger partial charge is 0.408 e. The number of amides is 1. The van der Waals surface area contributed by atoms with Gasteiger partial charge in [0.25, 0.3) is 0 Å². The maximum atomic E-state index is 14.4. The van der Waals surface area contributed by atoms with Gasteiger partial charge in [-0.15, -0.1) is 0 Å². The summed E-state index contributed by atoms with van der Waals surface area (Å²) in [5.41, 5.74) is 13.9. The van der Waals surface area contributed by atoms with Crippen molar-refractivity contribution in [2.24, 2.45) is 11.0 Å². The monoisotopic (exact) mass is 1210 g/mol. The third-order valence-corrected chi connectivity index (χ3v) is 16.5. The van der Waals surface area contributed by atoms with Crippen LogP contribution in [0.15, 0.2) is 157 Å². The van der Waals surface area contributed by atoms with Gasteiger partial charge in [0.15, 0.2) is 43.0 Å². The quantitative estimate of drug-likeness (QED) is 0.0188. The molecule has 5 aromatic carbocycles. The minimum absolute atomic E-state index is 0.0384. The summed E-state index contributed by atoms with van der Waals surface area (Å²) in [4.78, 5) is 58.7. The lowest BCUT2D eigenvalue weighted by molar-refractivity contribution is -0.360. The standard InChI is InChI=1S/C66H76N4O18/c1-7-46-53(77-35-42-26-16-10-17-27-42)55(78-36-43-28-18-11-19-29-43)49(69-70-67)65(81-46)85-58-50(76-34-41-24-14-9-15-25-41)38(3)63(87-60(58)62(73)75-6)84-54-47(8-2)82-64(48-56(54)88-66(74)68-48)86-59-51(39(4)71)80-40(5)52(83-61(72)45-32-22-13-23-33-45)57(59)79-37-44-30-20-12-21-31-44/h9-33,38,40,46-60,63-65H,7-8,34-37H2,1-6H3,(H,68,74)/t38?,40-,46?,47?,48+,49?,50+,51?,52?,53-,54-,55+,56?,57-,58+,59-,60?,63+,64-,65-/m0/s1. The number of benzene rings is 5. The molecule has 8 unspecified atom stereocenters. The van der Waals surface area contributed by atoms with E-state index >= 15 is 0 Å². The molecular formula is C66H76N4O18. The lowest BCUT2D eigenvalue weighted by atomic mass is 9.90. The zero-order valence-corrected chi connectivity index (χ0v) is 49.9. The second-order valence-corrected chi connectivity index (χ2v) is 22.4. The fourth-order valence-electron chi connectivity index (χ4n) is 12.0. The summed E-state index contributed by atoms with van der Waals surface area (Å²) >= 11 is 0. The van der Waals surface area contributed by atoms with E-state index in [1.165, 1.54) is 14.0 Å². The average Bonchev–Trinajstić information content (AvgIpc) is 2.76. The molecule has 5 fully saturated rings. The van der Waals surface area contributed by atoms with Crippen LogP contribution in [0.1, 0.15) is 80.1 Å². The minimum atomic E-state index is -1.58. The van der Waals surface area contributed by atoms with Gasteiger partial charge in [-0.2, -0.15) is 0 Å². The van der Waals surface area contributed by atoms with E-state index in [0.717, 1.165) is 22.3 Å². The van der Waals surface area contributed by atoms with Crippen molar-refractivity contribution in [3.05, 3.63) is 190 Å². The number of hydrogen-bond acceptors (Lipinski definition) is 19. The third kappa shape index (κ3) is 15.1. The zero-order valence-electron chi connectivity index (χ0n) is 49.9. The van der Waals surface area contributed by atoms with Crippen LogP contribution in [0.25, 0.3) is 10.4 Å². The van der Waals surface area contributed by atoms with E-state index in [4.69, 9.17) is 66.3 Å². The molecule has 5 aliphatic heterocycles. The molecule has 5 aliphatic rings. The molecule has 1 amide bonds. The number of Topliss-reactive ketones (excluding diaryl/α,β-unsaturated/α-hetero) is 1. The van der Waals surface area contributed by atoms with Gasteiger partial charge in [0.1, 0.15) is 54.8 Å². The highest BCUT2D eigenvalue weighted by molar-refractivity contribution is 5.89. The first-order chi connectivity index (χ1) is 42.8. The van der Waals surface area contributed by atoms with E-state index in [1.807, 2.05) is 135 Å². The topological polar surface area (TPSA) is 258 Å². The first-order valence-electron chi connectivity index (χ1n) is 29.9. The fourth-order valence-corrected chi connectivity index (χ4v) is 12.0. The number of methoxy groups -OCH3 is 1. The predicted molar refractivity (Wildman–Crippen MR) is 313 cm³/mol. The molecule has 20 atom stereocenters. The van der Waals surface area contributed by atoms with Gasteiger partial charge in [0, 0.05) is 10.8 Å². The van der Waals surface area contributed by atoms with Crippen molar-refractivity contribution < 1.29 is 85.5 Å². The van der Waals surface area contributed by atoms with Crippen LogP contribution >= 0.6 is 0 Å². The van der Waals surface area contributed by atoms with Crippen molar-refractivity contribution in [3.63, 3.8) is 0 Å². The van der Waals surface area contributed by atoms with Gasteiger partial charge in [-0.05, 0) is 66.6 Å². The number of esters is 2. The molecule has 5 aromatic rings. The van der Waals surface area contributed by atoms with Crippen LogP contribution in [0.5, 0.6) is 0 Å². The first-order valence-corrected chi connectivity index (χ1v) is 29.9. The summed E-state index contributed by atoms with van der Waals surface area (Å²) in [6.07, 6.45) is -19.2. The van der Waals surface area contributed by atoms with Crippen LogP contribution < -0.4 is 5.32 Å². The van der Waals surface area contributed by atoms with Gasteiger partial charge in [-0.25, -0.2) is 14.4 Å². The summed E-state index contributed by atoms with van der Waals surface area (Å²) in [5.74, 6) is -2.69. The highest BCUT2D eigenvalue weighted by atomic mass is 16.8. The number of hydrogen-bond donors (Lipinski definition) is 1. The molecule has 0 saturated carbocycles. The molecule has 0 bridgehead atoms. The lowest BCUT2D eigenvalue weighted by Gasteiger charge is -2.50. The summed E-state index contributed by atoms with van der Waals surface area (Å²) in [7, 11) is 1.21. The van der Waals surface area contributed by atoms with E-state index in [1.54, 1.807) is 44.2 Å². The largest absolute Gasteiger partial charge is 0.467 e. The Hall–Kier alpha value is -7.15. The van der Waals surface area contributed by atoms with Gasteiger partial charge in [-0.1, -0.05) is 165 Å². The van der Waals surface area contributed by atoms with E-state index in [9.17, 15) is 24.7 Å². The van der Waals surface area contributed by atoms with Crippen molar-refractivity contribution in [3.8, 4) is 0 Å². The molecule has 10 rings (SSSR count). The van der Waals surface area contributed by atoms with Crippen molar-refractivity contribution in [1.82, 2.24) is 5.32 Å². The Morgan fingerprint density at radius 2 is 1.01 bits per heavy atom.